The van der Waals surface area contributed by atoms with E-state index in [0.29, 0.717) is 19.4 Å². The molecule has 2 aliphatic heterocycles. The van der Waals surface area contributed by atoms with E-state index >= 15 is 0 Å². The molecule has 2 saturated heterocycles. The van der Waals surface area contributed by atoms with Crippen molar-refractivity contribution in [3.05, 3.63) is 0 Å². The molecule has 1 N–H and O–H groups in total. The number of hydrogen-bond donors (Lipinski definition) is 1. The summed E-state index contributed by atoms with van der Waals surface area (Å²) in [6.45, 7) is 1.76. The van der Waals surface area contributed by atoms with Gasteiger partial charge in [0.25, 0.3) is 5.91 Å². The number of nitrogens with zero attached hydrogens (tertiary/aromatic N) is 2. The number of urea groups is 1. The molecule has 0 radical (unpaired) electrons. The third-order valence-corrected chi connectivity index (χ3v) is 6.72. The van der Waals surface area contributed by atoms with Gasteiger partial charge in [-0.1, -0.05) is 0 Å². The molecule has 0 spiro atoms. The third kappa shape index (κ3) is 4.21. The molecule has 2 fully saturated rings. The molecular formula is C14H23N3O5S2. The maximum absolute atomic E-state index is 12.5. The molecular weight excluding hydrogens is 354 g/mol. The number of thioether (sulfide) groups is 1. The van der Waals surface area contributed by atoms with Gasteiger partial charge in [-0.3, -0.25) is 14.5 Å². The van der Waals surface area contributed by atoms with E-state index in [0.717, 1.165) is 10.7 Å². The summed E-state index contributed by atoms with van der Waals surface area (Å²) in [6, 6.07) is -1.52. The summed E-state index contributed by atoms with van der Waals surface area (Å²) in [5, 5.41) is 2.59. The minimum absolute atomic E-state index is 0.0525. The van der Waals surface area contributed by atoms with Crippen LogP contribution in [0.4, 0.5) is 4.79 Å². The van der Waals surface area contributed by atoms with Crippen LogP contribution in [0.5, 0.6) is 0 Å². The van der Waals surface area contributed by atoms with E-state index in [-0.39, 0.29) is 24.1 Å². The molecule has 4 amide bonds. The fraction of sp³-hybridized carbons (Fsp3) is 0.786. The molecule has 2 atom stereocenters. The summed E-state index contributed by atoms with van der Waals surface area (Å²) in [6.07, 6.45) is 2.84. The maximum atomic E-state index is 12.5. The first kappa shape index (κ1) is 19.0. The van der Waals surface area contributed by atoms with Gasteiger partial charge in [0.15, 0.2) is 9.84 Å². The van der Waals surface area contributed by atoms with Gasteiger partial charge in [0.2, 0.25) is 5.91 Å². The van der Waals surface area contributed by atoms with E-state index < -0.39 is 33.7 Å². The Morgan fingerprint density at radius 2 is 2.12 bits per heavy atom. The second-order valence-electron chi connectivity index (χ2n) is 5.94. The Balaban J connectivity index is 2.00. The second-order valence-corrected chi connectivity index (χ2v) is 9.16. The van der Waals surface area contributed by atoms with Crippen LogP contribution in [-0.4, -0.2) is 84.8 Å². The highest BCUT2D eigenvalue weighted by Gasteiger charge is 2.40. The average molecular weight is 377 g/mol. The quantitative estimate of drug-likeness (QED) is 0.611. The third-order valence-electron chi connectivity index (χ3n) is 4.32. The van der Waals surface area contributed by atoms with Crippen LogP contribution in [0.3, 0.4) is 0 Å². The highest BCUT2D eigenvalue weighted by atomic mass is 32.2. The molecule has 2 heterocycles. The maximum Gasteiger partial charge on any atom is 0.325 e. The second kappa shape index (κ2) is 7.73. The summed E-state index contributed by atoms with van der Waals surface area (Å²) in [7, 11) is -3.11. The van der Waals surface area contributed by atoms with Crippen molar-refractivity contribution in [1.29, 1.82) is 0 Å². The fourth-order valence-electron chi connectivity index (χ4n) is 3.04. The summed E-state index contributed by atoms with van der Waals surface area (Å²) < 4.78 is 23.2. The van der Waals surface area contributed by atoms with E-state index in [4.69, 9.17) is 0 Å². The van der Waals surface area contributed by atoms with Crippen molar-refractivity contribution in [2.45, 2.75) is 31.8 Å². The topological polar surface area (TPSA) is 104 Å². The molecule has 0 aromatic rings. The Kier molecular flexibility index (Phi) is 6.13. The van der Waals surface area contributed by atoms with E-state index in [1.807, 2.05) is 6.26 Å². The molecule has 0 aromatic carbocycles. The monoisotopic (exact) mass is 377 g/mol. The zero-order chi connectivity index (χ0) is 17.9. The van der Waals surface area contributed by atoms with Gasteiger partial charge in [0.1, 0.15) is 12.6 Å². The largest absolute Gasteiger partial charge is 0.337 e. The van der Waals surface area contributed by atoms with Crippen molar-refractivity contribution >= 4 is 39.4 Å². The molecule has 0 bridgehead atoms. The van der Waals surface area contributed by atoms with Crippen LogP contribution in [0, 0.1) is 0 Å². The standard InChI is InChI=1S/C14H23N3O5S2/c1-3-16(10-5-7-24(21,22)9-10)12(18)8-17-13(19)11(4-6-23-2)15-14(17)20/h10-11H,3-9H2,1-2H3,(H,15,20)/t10-,11-/m0/s1. The Labute approximate surface area is 146 Å². The van der Waals surface area contributed by atoms with Gasteiger partial charge in [-0.15, -0.1) is 0 Å². The number of carbonyl (C=O) groups is 3. The Bertz CT molecular complexity index is 622. The van der Waals surface area contributed by atoms with Crippen LogP contribution in [-0.2, 0) is 19.4 Å². The number of nitrogens with one attached hydrogen (secondary N) is 1. The molecule has 0 unspecified atom stereocenters. The van der Waals surface area contributed by atoms with Gasteiger partial charge < -0.3 is 10.2 Å². The molecule has 8 nitrogen and oxygen atoms in total. The lowest BCUT2D eigenvalue weighted by molar-refractivity contribution is -0.138. The lowest BCUT2D eigenvalue weighted by Crippen LogP contribution is -2.47. The van der Waals surface area contributed by atoms with Crippen molar-refractivity contribution < 1.29 is 22.8 Å². The van der Waals surface area contributed by atoms with Crippen molar-refractivity contribution in [2.24, 2.45) is 0 Å². The number of likely N-dealkylation sites (N-methyl/N-ethyl adjacent to an activating group) is 1. The van der Waals surface area contributed by atoms with Gasteiger partial charge in [-0.2, -0.15) is 11.8 Å². The summed E-state index contributed by atoms with van der Waals surface area (Å²) >= 11 is 1.58. The minimum Gasteiger partial charge on any atom is -0.337 e. The summed E-state index contributed by atoms with van der Waals surface area (Å²) in [4.78, 5) is 39.1. The van der Waals surface area contributed by atoms with Gasteiger partial charge in [0.05, 0.1) is 11.5 Å². The van der Waals surface area contributed by atoms with Gasteiger partial charge in [0, 0.05) is 12.6 Å². The Morgan fingerprint density at radius 3 is 2.67 bits per heavy atom. The first-order valence-electron chi connectivity index (χ1n) is 7.89. The first-order chi connectivity index (χ1) is 11.3. The smallest absolute Gasteiger partial charge is 0.325 e. The Hall–Kier alpha value is -1.29. The van der Waals surface area contributed by atoms with Crippen LogP contribution in [0.2, 0.25) is 0 Å². The number of carbonyl (C=O) groups excluding carboxylic acids is 3. The van der Waals surface area contributed by atoms with Crippen LogP contribution in [0.15, 0.2) is 0 Å². The van der Waals surface area contributed by atoms with Gasteiger partial charge in [-0.25, -0.2) is 13.2 Å². The normalized spacial score (nSPS) is 25.8. The molecule has 0 aromatic heterocycles. The van der Waals surface area contributed by atoms with E-state index in [2.05, 4.69) is 5.32 Å². The van der Waals surface area contributed by atoms with E-state index in [9.17, 15) is 22.8 Å². The van der Waals surface area contributed by atoms with E-state index in [1.54, 1.807) is 18.7 Å². The lowest BCUT2D eigenvalue weighted by Gasteiger charge is -2.28. The number of hydrogen-bond acceptors (Lipinski definition) is 6. The zero-order valence-corrected chi connectivity index (χ0v) is 15.5. The first-order valence-corrected chi connectivity index (χ1v) is 11.1. The molecule has 136 valence electrons. The van der Waals surface area contributed by atoms with Gasteiger partial charge >= 0.3 is 6.03 Å². The molecule has 24 heavy (non-hydrogen) atoms. The summed E-state index contributed by atoms with van der Waals surface area (Å²) in [5.41, 5.74) is 0. The summed E-state index contributed by atoms with van der Waals surface area (Å²) in [5.74, 6) is -0.0321. The van der Waals surface area contributed by atoms with Crippen molar-refractivity contribution in [2.75, 3.05) is 36.6 Å². The molecule has 10 heteroatoms. The Morgan fingerprint density at radius 1 is 1.42 bits per heavy atom. The van der Waals surface area contributed by atoms with Gasteiger partial charge in [-0.05, 0) is 31.8 Å². The molecule has 0 saturated carbocycles. The average Bonchev–Trinajstić information content (AvgIpc) is 3.00. The van der Waals surface area contributed by atoms with Crippen LogP contribution < -0.4 is 5.32 Å². The van der Waals surface area contributed by atoms with Crippen molar-refractivity contribution in [3.8, 4) is 0 Å². The van der Waals surface area contributed by atoms with Crippen LogP contribution in [0.1, 0.15) is 19.8 Å². The highest BCUT2D eigenvalue weighted by Crippen LogP contribution is 2.19. The number of rotatable bonds is 7. The molecule has 2 aliphatic rings. The highest BCUT2D eigenvalue weighted by molar-refractivity contribution is 7.98. The predicted octanol–water partition coefficient (Wildman–Crippen LogP) is -0.304. The number of amides is 4. The SMILES string of the molecule is CCN(C(=O)CN1C(=O)N[C@@H](CCSC)C1=O)[C@H]1CCS(=O)(=O)C1. The molecule has 0 aliphatic carbocycles. The zero-order valence-electron chi connectivity index (χ0n) is 13.9. The minimum atomic E-state index is -3.11. The van der Waals surface area contributed by atoms with Crippen molar-refractivity contribution in [1.82, 2.24) is 15.1 Å². The van der Waals surface area contributed by atoms with Crippen molar-refractivity contribution in [3.63, 3.8) is 0 Å². The molecule has 2 rings (SSSR count). The van der Waals surface area contributed by atoms with Crippen LogP contribution >= 0.6 is 11.8 Å². The fourth-order valence-corrected chi connectivity index (χ4v) is 5.25. The lowest BCUT2D eigenvalue weighted by atomic mass is 10.2. The predicted molar refractivity (Wildman–Crippen MR) is 91.5 cm³/mol. The number of sulfone groups is 1. The van der Waals surface area contributed by atoms with Crippen LogP contribution in [0.25, 0.3) is 0 Å². The van der Waals surface area contributed by atoms with E-state index in [1.165, 1.54) is 4.90 Å². The number of imide groups is 1.